The van der Waals surface area contributed by atoms with Crippen molar-refractivity contribution < 1.29 is 4.39 Å². The van der Waals surface area contributed by atoms with E-state index < -0.39 is 0 Å². The predicted octanol–water partition coefficient (Wildman–Crippen LogP) is 3.77. The van der Waals surface area contributed by atoms with Gasteiger partial charge in [0.1, 0.15) is 5.82 Å². The van der Waals surface area contributed by atoms with Crippen LogP contribution in [0, 0.1) is 17.7 Å². The topological polar surface area (TPSA) is 26.0 Å². The molecule has 1 nitrogen and oxygen atoms in total. The van der Waals surface area contributed by atoms with Crippen LogP contribution in [0.5, 0.6) is 0 Å². The number of halogens is 1. The molecule has 0 aromatic heterocycles. The Morgan fingerprint density at radius 3 is 2.29 bits per heavy atom. The summed E-state index contributed by atoms with van der Waals surface area (Å²) < 4.78 is 13.5. The summed E-state index contributed by atoms with van der Waals surface area (Å²) in [6.45, 7) is 5.07. The fourth-order valence-corrected chi connectivity index (χ4v) is 2.33. The molecular formula is C15H24FN. The smallest absolute Gasteiger partial charge is 0.126 e. The zero-order valence-electron chi connectivity index (χ0n) is 11.0. The normalized spacial score (nSPS) is 13.0. The molecule has 0 saturated carbocycles. The number of benzene rings is 1. The van der Waals surface area contributed by atoms with E-state index in [-0.39, 0.29) is 5.82 Å². The first kappa shape index (κ1) is 14.2. The maximum absolute atomic E-state index is 13.5. The van der Waals surface area contributed by atoms with E-state index in [9.17, 15) is 4.39 Å². The van der Waals surface area contributed by atoms with Gasteiger partial charge in [0.05, 0.1) is 0 Å². The van der Waals surface area contributed by atoms with Crippen LogP contribution in [0.3, 0.4) is 0 Å². The Balaban J connectivity index is 2.61. The lowest BCUT2D eigenvalue weighted by Crippen LogP contribution is -2.20. The molecular weight excluding hydrogens is 213 g/mol. The monoisotopic (exact) mass is 237 g/mol. The van der Waals surface area contributed by atoms with Crippen molar-refractivity contribution in [3.05, 3.63) is 35.6 Å². The van der Waals surface area contributed by atoms with E-state index in [4.69, 9.17) is 5.73 Å². The van der Waals surface area contributed by atoms with Crippen molar-refractivity contribution in [3.8, 4) is 0 Å². The molecule has 1 aromatic carbocycles. The summed E-state index contributed by atoms with van der Waals surface area (Å²) in [7, 11) is 0. The second-order valence-corrected chi connectivity index (χ2v) is 4.82. The minimum absolute atomic E-state index is 0.101. The average molecular weight is 237 g/mol. The van der Waals surface area contributed by atoms with Gasteiger partial charge in [-0.25, -0.2) is 4.39 Å². The van der Waals surface area contributed by atoms with Crippen LogP contribution in [0.4, 0.5) is 4.39 Å². The van der Waals surface area contributed by atoms with Crippen molar-refractivity contribution in [1.82, 2.24) is 0 Å². The fourth-order valence-electron chi connectivity index (χ4n) is 2.33. The third kappa shape index (κ3) is 4.47. The Kier molecular flexibility index (Phi) is 6.20. The molecule has 2 heteroatoms. The Hall–Kier alpha value is -0.890. The Bertz CT molecular complexity index is 320. The molecule has 0 spiro atoms. The zero-order valence-corrected chi connectivity index (χ0v) is 11.0. The number of hydrogen-bond donors (Lipinski definition) is 1. The first-order valence-corrected chi connectivity index (χ1v) is 6.64. The van der Waals surface area contributed by atoms with Crippen LogP contribution in [0.25, 0.3) is 0 Å². The highest BCUT2D eigenvalue weighted by Gasteiger charge is 2.15. The first-order valence-electron chi connectivity index (χ1n) is 6.64. The summed E-state index contributed by atoms with van der Waals surface area (Å²) in [5.74, 6) is 1.02. The van der Waals surface area contributed by atoms with Crippen LogP contribution < -0.4 is 5.73 Å². The third-order valence-corrected chi connectivity index (χ3v) is 3.62. The molecule has 0 radical (unpaired) electrons. The van der Waals surface area contributed by atoms with Crippen LogP contribution in [-0.4, -0.2) is 6.54 Å². The lowest BCUT2D eigenvalue weighted by molar-refractivity contribution is 0.353. The van der Waals surface area contributed by atoms with Gasteiger partial charge < -0.3 is 5.73 Å². The van der Waals surface area contributed by atoms with Gasteiger partial charge in [0.15, 0.2) is 0 Å². The minimum atomic E-state index is -0.101. The third-order valence-electron chi connectivity index (χ3n) is 3.62. The molecule has 1 aromatic rings. The van der Waals surface area contributed by atoms with Gasteiger partial charge in [-0.15, -0.1) is 0 Å². The summed E-state index contributed by atoms with van der Waals surface area (Å²) in [6.07, 6.45) is 4.24. The van der Waals surface area contributed by atoms with Crippen molar-refractivity contribution in [2.45, 2.75) is 39.5 Å². The molecule has 0 bridgehead atoms. The summed E-state index contributed by atoms with van der Waals surface area (Å²) in [5, 5.41) is 0. The van der Waals surface area contributed by atoms with E-state index in [0.717, 1.165) is 24.3 Å². The van der Waals surface area contributed by atoms with Crippen molar-refractivity contribution in [2.75, 3.05) is 6.54 Å². The van der Waals surface area contributed by atoms with Crippen molar-refractivity contribution in [2.24, 2.45) is 17.6 Å². The quantitative estimate of drug-likeness (QED) is 0.767. The molecule has 96 valence electrons. The minimum Gasteiger partial charge on any atom is -0.330 e. The average Bonchev–Trinajstić information content (AvgIpc) is 2.36. The standard InChI is InChI=1S/C15H24FN/c1-3-12(4-2)9-13(11-17)10-14-7-5-6-8-15(14)16/h5-8,12-13H,3-4,9-11,17H2,1-2H3. The van der Waals surface area contributed by atoms with E-state index in [0.29, 0.717) is 12.5 Å². The van der Waals surface area contributed by atoms with Crippen LogP contribution in [-0.2, 0) is 6.42 Å². The molecule has 0 aliphatic heterocycles. The Labute approximate surface area is 104 Å². The van der Waals surface area contributed by atoms with E-state index in [2.05, 4.69) is 13.8 Å². The van der Waals surface area contributed by atoms with Crippen LogP contribution in [0.2, 0.25) is 0 Å². The highest BCUT2D eigenvalue weighted by Crippen LogP contribution is 2.22. The molecule has 0 aliphatic carbocycles. The van der Waals surface area contributed by atoms with Crippen LogP contribution >= 0.6 is 0 Å². The largest absolute Gasteiger partial charge is 0.330 e. The van der Waals surface area contributed by atoms with Crippen molar-refractivity contribution >= 4 is 0 Å². The van der Waals surface area contributed by atoms with E-state index in [1.165, 1.54) is 18.9 Å². The molecule has 1 rings (SSSR count). The number of hydrogen-bond acceptors (Lipinski definition) is 1. The molecule has 1 unspecified atom stereocenters. The van der Waals surface area contributed by atoms with Gasteiger partial charge in [0, 0.05) is 0 Å². The van der Waals surface area contributed by atoms with E-state index in [1.807, 2.05) is 12.1 Å². The highest BCUT2D eigenvalue weighted by molar-refractivity contribution is 5.17. The Morgan fingerprint density at radius 1 is 1.12 bits per heavy atom. The molecule has 0 amide bonds. The van der Waals surface area contributed by atoms with E-state index in [1.54, 1.807) is 6.07 Å². The van der Waals surface area contributed by atoms with Gasteiger partial charge in [-0.3, -0.25) is 0 Å². The zero-order chi connectivity index (χ0) is 12.7. The van der Waals surface area contributed by atoms with Gasteiger partial charge in [0.25, 0.3) is 0 Å². The Morgan fingerprint density at radius 2 is 1.76 bits per heavy atom. The second kappa shape index (κ2) is 7.44. The fraction of sp³-hybridized carbons (Fsp3) is 0.600. The summed E-state index contributed by atoms with van der Waals surface area (Å²) in [6, 6.07) is 7.02. The summed E-state index contributed by atoms with van der Waals surface area (Å²) in [4.78, 5) is 0. The van der Waals surface area contributed by atoms with Crippen molar-refractivity contribution in [1.29, 1.82) is 0 Å². The van der Waals surface area contributed by atoms with Gasteiger partial charge in [0.2, 0.25) is 0 Å². The molecule has 0 fully saturated rings. The molecule has 0 aliphatic rings. The first-order chi connectivity index (χ1) is 8.21. The highest BCUT2D eigenvalue weighted by atomic mass is 19.1. The number of rotatable bonds is 7. The lowest BCUT2D eigenvalue weighted by Gasteiger charge is -2.20. The van der Waals surface area contributed by atoms with Crippen LogP contribution in [0.1, 0.15) is 38.7 Å². The maximum atomic E-state index is 13.5. The predicted molar refractivity (Wildman–Crippen MR) is 71.3 cm³/mol. The van der Waals surface area contributed by atoms with Gasteiger partial charge in [-0.1, -0.05) is 44.9 Å². The SMILES string of the molecule is CCC(CC)CC(CN)Cc1ccccc1F. The molecule has 17 heavy (non-hydrogen) atoms. The molecule has 1 atom stereocenters. The molecule has 0 saturated heterocycles. The lowest BCUT2D eigenvalue weighted by atomic mass is 9.87. The van der Waals surface area contributed by atoms with E-state index >= 15 is 0 Å². The van der Waals surface area contributed by atoms with Gasteiger partial charge >= 0.3 is 0 Å². The number of nitrogens with two attached hydrogens (primary N) is 1. The summed E-state index contributed by atoms with van der Waals surface area (Å²) >= 11 is 0. The summed E-state index contributed by atoms with van der Waals surface area (Å²) in [5.41, 5.74) is 6.61. The van der Waals surface area contributed by atoms with Gasteiger partial charge in [-0.2, -0.15) is 0 Å². The molecule has 2 N–H and O–H groups in total. The second-order valence-electron chi connectivity index (χ2n) is 4.82. The van der Waals surface area contributed by atoms with Crippen LogP contribution in [0.15, 0.2) is 24.3 Å². The molecule has 0 heterocycles. The van der Waals surface area contributed by atoms with Crippen molar-refractivity contribution in [3.63, 3.8) is 0 Å². The maximum Gasteiger partial charge on any atom is 0.126 e. The van der Waals surface area contributed by atoms with Gasteiger partial charge in [-0.05, 0) is 42.9 Å².